The van der Waals surface area contributed by atoms with Crippen LogP contribution in [-0.4, -0.2) is 36.2 Å². The van der Waals surface area contributed by atoms with Crippen molar-refractivity contribution in [3.05, 3.63) is 64.5 Å². The Balaban J connectivity index is 1.48. The minimum Gasteiger partial charge on any atom is -0.298 e. The topological polar surface area (TPSA) is 79.4 Å². The highest BCUT2D eigenvalue weighted by molar-refractivity contribution is 7.89. The van der Waals surface area contributed by atoms with E-state index in [1.807, 2.05) is 26.2 Å². The van der Waals surface area contributed by atoms with Gasteiger partial charge in [-0.2, -0.15) is 4.31 Å². The molecule has 32 heavy (non-hydrogen) atoms. The third kappa shape index (κ3) is 4.62. The predicted molar refractivity (Wildman–Crippen MR) is 129 cm³/mol. The summed E-state index contributed by atoms with van der Waals surface area (Å²) in [5, 5.41) is 5.25. The monoisotopic (exact) mass is 469 g/mol. The molecule has 2 aromatic carbocycles. The van der Waals surface area contributed by atoms with Crippen LogP contribution < -0.4 is 5.32 Å². The van der Waals surface area contributed by atoms with Gasteiger partial charge < -0.3 is 0 Å². The van der Waals surface area contributed by atoms with Crippen LogP contribution in [0.3, 0.4) is 0 Å². The van der Waals surface area contributed by atoms with Crippen LogP contribution in [-0.2, 0) is 10.0 Å². The number of nitrogens with one attached hydrogen (secondary N) is 1. The Kier molecular flexibility index (Phi) is 6.46. The first-order chi connectivity index (χ1) is 15.3. The number of benzene rings is 2. The van der Waals surface area contributed by atoms with Gasteiger partial charge in [0, 0.05) is 29.1 Å². The zero-order valence-electron chi connectivity index (χ0n) is 18.5. The maximum absolute atomic E-state index is 13.0. The zero-order valence-corrected chi connectivity index (χ0v) is 20.1. The van der Waals surface area contributed by atoms with Gasteiger partial charge in [-0.1, -0.05) is 24.1 Å². The molecule has 3 aromatic rings. The van der Waals surface area contributed by atoms with Gasteiger partial charge in [0.1, 0.15) is 0 Å². The minimum absolute atomic E-state index is 0.00661. The molecule has 1 amide bonds. The minimum atomic E-state index is -3.56. The normalized spacial score (nSPS) is 17.3. The van der Waals surface area contributed by atoms with Gasteiger partial charge in [-0.15, -0.1) is 11.3 Å². The lowest BCUT2D eigenvalue weighted by molar-refractivity contribution is 0.102. The van der Waals surface area contributed by atoms with Crippen LogP contribution in [0.1, 0.15) is 47.7 Å². The second kappa shape index (κ2) is 9.13. The van der Waals surface area contributed by atoms with E-state index >= 15 is 0 Å². The van der Waals surface area contributed by atoms with Crippen molar-refractivity contribution in [2.75, 3.05) is 11.9 Å². The van der Waals surface area contributed by atoms with Crippen molar-refractivity contribution in [2.45, 2.75) is 51.0 Å². The van der Waals surface area contributed by atoms with Crippen molar-refractivity contribution < 1.29 is 13.2 Å². The van der Waals surface area contributed by atoms with Crippen molar-refractivity contribution >= 4 is 32.4 Å². The van der Waals surface area contributed by atoms with Crippen molar-refractivity contribution in [3.63, 3.8) is 0 Å². The molecule has 1 aliphatic heterocycles. The van der Waals surface area contributed by atoms with Crippen molar-refractivity contribution in [1.29, 1.82) is 0 Å². The SMILES string of the molecule is Cc1ccc(C)c(-c2csc(NC(=O)c3ccc(S(=O)(=O)N4CCCC[C@@H]4C)cc3)n2)c1. The molecule has 0 spiro atoms. The number of carbonyl (C=O) groups is 1. The second-order valence-electron chi connectivity index (χ2n) is 8.30. The molecule has 0 bridgehead atoms. The van der Waals surface area contributed by atoms with E-state index in [2.05, 4.69) is 28.5 Å². The molecule has 1 N–H and O–H groups in total. The Hall–Kier alpha value is -2.55. The summed E-state index contributed by atoms with van der Waals surface area (Å²) in [6.45, 7) is 6.55. The van der Waals surface area contributed by atoms with E-state index in [4.69, 9.17) is 0 Å². The molecule has 2 heterocycles. The van der Waals surface area contributed by atoms with E-state index in [1.165, 1.54) is 23.5 Å². The Morgan fingerprint density at radius 2 is 1.88 bits per heavy atom. The first-order valence-corrected chi connectivity index (χ1v) is 13.0. The molecule has 0 unspecified atom stereocenters. The first kappa shape index (κ1) is 22.6. The second-order valence-corrected chi connectivity index (χ2v) is 11.0. The lowest BCUT2D eigenvalue weighted by Crippen LogP contribution is -2.41. The fourth-order valence-corrected chi connectivity index (χ4v) is 6.38. The fraction of sp³-hybridized carbons (Fsp3) is 0.333. The van der Waals surface area contributed by atoms with E-state index in [0.717, 1.165) is 41.6 Å². The molecule has 1 fully saturated rings. The van der Waals surface area contributed by atoms with Gasteiger partial charge in [0.25, 0.3) is 5.91 Å². The highest BCUT2D eigenvalue weighted by Gasteiger charge is 2.30. The van der Waals surface area contributed by atoms with E-state index in [0.29, 0.717) is 17.2 Å². The summed E-state index contributed by atoms with van der Waals surface area (Å²) in [6, 6.07) is 12.3. The molecule has 0 saturated carbocycles. The van der Waals surface area contributed by atoms with Crippen LogP contribution in [0.25, 0.3) is 11.3 Å². The molecule has 1 atom stereocenters. The van der Waals surface area contributed by atoms with Gasteiger partial charge in [-0.3, -0.25) is 10.1 Å². The number of amides is 1. The molecule has 1 saturated heterocycles. The molecule has 8 heteroatoms. The first-order valence-electron chi connectivity index (χ1n) is 10.7. The average Bonchev–Trinajstić information content (AvgIpc) is 3.24. The summed E-state index contributed by atoms with van der Waals surface area (Å²) < 4.78 is 27.5. The Morgan fingerprint density at radius 3 is 2.59 bits per heavy atom. The number of carbonyl (C=O) groups excluding carboxylic acids is 1. The van der Waals surface area contributed by atoms with E-state index < -0.39 is 10.0 Å². The molecule has 0 aliphatic carbocycles. The number of rotatable bonds is 5. The van der Waals surface area contributed by atoms with E-state index in [1.54, 1.807) is 16.4 Å². The molecule has 1 aliphatic rings. The van der Waals surface area contributed by atoms with Crippen LogP contribution in [0.5, 0.6) is 0 Å². The molecule has 4 rings (SSSR count). The predicted octanol–water partition coefficient (Wildman–Crippen LogP) is 5.24. The summed E-state index contributed by atoms with van der Waals surface area (Å²) in [7, 11) is -3.56. The van der Waals surface area contributed by atoms with Crippen molar-refractivity contribution in [1.82, 2.24) is 9.29 Å². The summed E-state index contributed by atoms with van der Waals surface area (Å²) in [5.74, 6) is -0.317. The highest BCUT2D eigenvalue weighted by atomic mass is 32.2. The van der Waals surface area contributed by atoms with Gasteiger partial charge >= 0.3 is 0 Å². The number of aromatic nitrogens is 1. The smallest absolute Gasteiger partial charge is 0.257 e. The molecule has 6 nitrogen and oxygen atoms in total. The third-order valence-electron chi connectivity index (χ3n) is 5.86. The number of piperidine rings is 1. The molecule has 168 valence electrons. The van der Waals surface area contributed by atoms with Crippen LogP contribution >= 0.6 is 11.3 Å². The molecular weight excluding hydrogens is 442 g/mol. The maximum Gasteiger partial charge on any atom is 0.257 e. The third-order valence-corrected chi connectivity index (χ3v) is 8.64. The Morgan fingerprint density at radius 1 is 1.12 bits per heavy atom. The van der Waals surface area contributed by atoms with Crippen molar-refractivity contribution in [3.8, 4) is 11.3 Å². The number of anilines is 1. The van der Waals surface area contributed by atoms with Crippen LogP contribution in [0, 0.1) is 13.8 Å². The fourth-order valence-electron chi connectivity index (χ4n) is 3.98. The Labute approximate surface area is 193 Å². The lowest BCUT2D eigenvalue weighted by atomic mass is 10.0. The summed E-state index contributed by atoms with van der Waals surface area (Å²) in [5.41, 5.74) is 4.53. The highest BCUT2D eigenvalue weighted by Crippen LogP contribution is 2.29. The number of thiazole rings is 1. The van der Waals surface area contributed by atoms with Crippen molar-refractivity contribution in [2.24, 2.45) is 0 Å². The summed E-state index contributed by atoms with van der Waals surface area (Å²) >= 11 is 1.36. The number of hydrogen-bond acceptors (Lipinski definition) is 5. The average molecular weight is 470 g/mol. The van der Waals surface area contributed by atoms with Gasteiger partial charge in [-0.25, -0.2) is 13.4 Å². The summed E-state index contributed by atoms with van der Waals surface area (Å²) in [4.78, 5) is 17.5. The van der Waals surface area contributed by atoms with Gasteiger partial charge in [0.05, 0.1) is 10.6 Å². The van der Waals surface area contributed by atoms with Gasteiger partial charge in [0.2, 0.25) is 10.0 Å². The molecule has 1 aromatic heterocycles. The van der Waals surface area contributed by atoms with Crippen LogP contribution in [0.4, 0.5) is 5.13 Å². The van der Waals surface area contributed by atoms with E-state index in [-0.39, 0.29) is 16.8 Å². The Bertz CT molecular complexity index is 1230. The largest absolute Gasteiger partial charge is 0.298 e. The molecular formula is C24H27N3O3S2. The van der Waals surface area contributed by atoms with E-state index in [9.17, 15) is 13.2 Å². The summed E-state index contributed by atoms with van der Waals surface area (Å²) in [6.07, 6.45) is 2.80. The number of aryl methyl sites for hydroxylation is 2. The quantitative estimate of drug-likeness (QED) is 0.554. The van der Waals surface area contributed by atoms with Crippen LogP contribution in [0.15, 0.2) is 52.7 Å². The maximum atomic E-state index is 13.0. The standard InChI is InChI=1S/C24H27N3O3S2/c1-16-7-8-17(2)21(14-16)22-15-31-24(25-22)26-23(28)19-9-11-20(12-10-19)32(29,30)27-13-5-4-6-18(27)3/h7-12,14-15,18H,4-6,13H2,1-3H3,(H,25,26,28)/t18-/m0/s1. The van der Waals surface area contributed by atoms with Crippen LogP contribution in [0.2, 0.25) is 0 Å². The van der Waals surface area contributed by atoms with Gasteiger partial charge in [-0.05, 0) is 69.5 Å². The molecule has 0 radical (unpaired) electrons. The number of sulfonamides is 1. The van der Waals surface area contributed by atoms with Gasteiger partial charge in [0.15, 0.2) is 5.13 Å². The number of nitrogens with zero attached hydrogens (tertiary/aromatic N) is 2. The number of hydrogen-bond donors (Lipinski definition) is 1. The lowest BCUT2D eigenvalue weighted by Gasteiger charge is -2.32. The zero-order chi connectivity index (χ0) is 22.9.